The summed E-state index contributed by atoms with van der Waals surface area (Å²) in [4.78, 5) is 2.40. The van der Waals surface area contributed by atoms with Crippen LogP contribution in [0.1, 0.15) is 30.1 Å². The molecule has 1 aliphatic heterocycles. The number of aromatic hydroxyl groups is 1. The zero-order valence-electron chi connectivity index (χ0n) is 14.1. The summed E-state index contributed by atoms with van der Waals surface area (Å²) < 4.78 is 2.11. The smallest absolute Gasteiger partial charge is 0.191 e. The molecular weight excluding hydrogens is 320 g/mol. The molecule has 1 saturated heterocycles. The molecule has 24 heavy (non-hydrogen) atoms. The second-order valence-corrected chi connectivity index (χ2v) is 7.19. The monoisotopic (exact) mass is 344 g/mol. The van der Waals surface area contributed by atoms with Crippen molar-refractivity contribution in [2.24, 2.45) is 7.05 Å². The normalized spacial score (nSPS) is 18.6. The first kappa shape index (κ1) is 17.0. The molecular formula is C18H24N4OS. The van der Waals surface area contributed by atoms with Crippen LogP contribution in [0.2, 0.25) is 0 Å². The zero-order valence-corrected chi connectivity index (χ0v) is 14.9. The van der Waals surface area contributed by atoms with Crippen molar-refractivity contribution in [2.45, 2.75) is 30.5 Å². The van der Waals surface area contributed by atoms with E-state index in [4.69, 9.17) is 0 Å². The van der Waals surface area contributed by atoms with Gasteiger partial charge in [0.05, 0.1) is 0 Å². The van der Waals surface area contributed by atoms with Crippen molar-refractivity contribution in [2.75, 3.05) is 18.8 Å². The largest absolute Gasteiger partial charge is 0.508 e. The van der Waals surface area contributed by atoms with Gasteiger partial charge < -0.3 is 9.67 Å². The number of rotatable bonds is 6. The molecule has 1 aliphatic rings. The topological polar surface area (TPSA) is 54.2 Å². The molecule has 0 radical (unpaired) electrons. The number of phenolic OH excluding ortho intramolecular Hbond substituents is 1. The Bertz CT molecular complexity index is 700. The van der Waals surface area contributed by atoms with Crippen LogP contribution in [0.25, 0.3) is 0 Å². The summed E-state index contributed by atoms with van der Waals surface area (Å²) in [6, 6.07) is 7.58. The molecule has 5 nitrogen and oxygen atoms in total. The van der Waals surface area contributed by atoms with E-state index < -0.39 is 0 Å². The standard InChI is InChI=1S/C18H24N4OS/c1-3-11-24-18-20-19-17(21(18)2)15-8-6-10-22(13-15)12-14-7-4-5-9-16(14)23/h3-5,7,9,15,23H,1,6,8,10-13H2,2H3/t15-/m1/s1. The van der Waals surface area contributed by atoms with E-state index in [0.717, 1.165) is 54.8 Å². The van der Waals surface area contributed by atoms with Gasteiger partial charge in [-0.25, -0.2) is 0 Å². The van der Waals surface area contributed by atoms with Gasteiger partial charge >= 0.3 is 0 Å². The Kier molecular flexibility index (Phi) is 5.58. The SMILES string of the molecule is C=CCSc1nnc([C@@H]2CCCN(Cc3ccccc3O)C2)n1C. The van der Waals surface area contributed by atoms with Crippen molar-refractivity contribution in [3.8, 4) is 5.75 Å². The Morgan fingerprint density at radius 3 is 3.00 bits per heavy atom. The minimum atomic E-state index is 0.376. The molecule has 1 aromatic heterocycles. The first-order valence-electron chi connectivity index (χ1n) is 8.31. The molecule has 1 aromatic carbocycles. The van der Waals surface area contributed by atoms with Gasteiger partial charge in [0.1, 0.15) is 11.6 Å². The van der Waals surface area contributed by atoms with Gasteiger partial charge in [-0.05, 0) is 25.5 Å². The molecule has 0 spiro atoms. The maximum Gasteiger partial charge on any atom is 0.191 e. The second-order valence-electron chi connectivity index (χ2n) is 6.20. The van der Waals surface area contributed by atoms with Gasteiger partial charge in [-0.2, -0.15) is 0 Å². The molecule has 0 aliphatic carbocycles. The summed E-state index contributed by atoms with van der Waals surface area (Å²) in [5.74, 6) is 2.67. The van der Waals surface area contributed by atoms with Crippen LogP contribution in [0.5, 0.6) is 5.75 Å². The molecule has 3 rings (SSSR count). The summed E-state index contributed by atoms with van der Waals surface area (Å²) in [7, 11) is 2.04. The van der Waals surface area contributed by atoms with Crippen LogP contribution in [0, 0.1) is 0 Å². The van der Waals surface area contributed by atoms with Crippen molar-refractivity contribution in [3.63, 3.8) is 0 Å². The van der Waals surface area contributed by atoms with E-state index in [1.807, 2.05) is 31.3 Å². The third-order valence-corrected chi connectivity index (χ3v) is 5.47. The zero-order chi connectivity index (χ0) is 16.9. The molecule has 0 amide bonds. The number of thioether (sulfide) groups is 1. The summed E-state index contributed by atoms with van der Waals surface area (Å²) in [5, 5.41) is 19.7. The molecule has 0 bridgehead atoms. The Labute approximate surface area is 147 Å². The third kappa shape index (κ3) is 3.82. The quantitative estimate of drug-likeness (QED) is 0.644. The number of likely N-dealkylation sites (tertiary alicyclic amines) is 1. The predicted octanol–water partition coefficient (Wildman–Crippen LogP) is 3.18. The molecule has 2 aromatic rings. The highest BCUT2D eigenvalue weighted by Crippen LogP contribution is 2.29. The van der Waals surface area contributed by atoms with E-state index in [1.165, 1.54) is 0 Å². The summed E-state index contributed by atoms with van der Waals surface area (Å²) in [5.41, 5.74) is 0.985. The van der Waals surface area contributed by atoms with E-state index in [0.29, 0.717) is 11.7 Å². The van der Waals surface area contributed by atoms with Gasteiger partial charge in [0.15, 0.2) is 5.16 Å². The van der Waals surface area contributed by atoms with E-state index >= 15 is 0 Å². The third-order valence-electron chi connectivity index (χ3n) is 4.46. The number of para-hydroxylation sites is 1. The van der Waals surface area contributed by atoms with E-state index in [-0.39, 0.29) is 0 Å². The number of hydrogen-bond donors (Lipinski definition) is 1. The number of nitrogens with zero attached hydrogens (tertiary/aromatic N) is 4. The minimum absolute atomic E-state index is 0.376. The minimum Gasteiger partial charge on any atom is -0.508 e. The van der Waals surface area contributed by atoms with Crippen LogP contribution in [-0.4, -0.2) is 43.6 Å². The first-order chi connectivity index (χ1) is 11.7. The van der Waals surface area contributed by atoms with Crippen LogP contribution in [-0.2, 0) is 13.6 Å². The van der Waals surface area contributed by atoms with Crippen molar-refractivity contribution in [1.29, 1.82) is 0 Å². The highest BCUT2D eigenvalue weighted by atomic mass is 32.2. The van der Waals surface area contributed by atoms with Crippen molar-refractivity contribution in [3.05, 3.63) is 48.3 Å². The van der Waals surface area contributed by atoms with Gasteiger partial charge in [0, 0.05) is 37.4 Å². The van der Waals surface area contributed by atoms with E-state index in [1.54, 1.807) is 17.8 Å². The van der Waals surface area contributed by atoms with Gasteiger partial charge in [-0.15, -0.1) is 16.8 Å². The van der Waals surface area contributed by atoms with Crippen LogP contribution in [0.4, 0.5) is 0 Å². The maximum absolute atomic E-state index is 9.99. The average Bonchev–Trinajstić information content (AvgIpc) is 2.96. The van der Waals surface area contributed by atoms with Crippen LogP contribution >= 0.6 is 11.8 Å². The van der Waals surface area contributed by atoms with Crippen LogP contribution in [0.3, 0.4) is 0 Å². The fourth-order valence-corrected chi connectivity index (χ4v) is 3.89. The molecule has 128 valence electrons. The van der Waals surface area contributed by atoms with Gasteiger partial charge in [0.25, 0.3) is 0 Å². The van der Waals surface area contributed by atoms with Crippen molar-refractivity contribution >= 4 is 11.8 Å². The second kappa shape index (κ2) is 7.85. The predicted molar refractivity (Wildman–Crippen MR) is 97.3 cm³/mol. The lowest BCUT2D eigenvalue weighted by Crippen LogP contribution is -2.34. The highest BCUT2D eigenvalue weighted by Gasteiger charge is 2.26. The van der Waals surface area contributed by atoms with Gasteiger partial charge in [-0.1, -0.05) is 36.0 Å². The summed E-state index contributed by atoms with van der Waals surface area (Å²) in [6.45, 7) is 6.54. The maximum atomic E-state index is 9.99. The first-order valence-corrected chi connectivity index (χ1v) is 9.29. The number of phenols is 1. The van der Waals surface area contributed by atoms with Crippen LogP contribution in [0.15, 0.2) is 42.1 Å². The average molecular weight is 344 g/mol. The Balaban J connectivity index is 1.68. The lowest BCUT2D eigenvalue weighted by molar-refractivity contribution is 0.193. The molecule has 0 saturated carbocycles. The number of aromatic nitrogens is 3. The summed E-state index contributed by atoms with van der Waals surface area (Å²) >= 11 is 1.66. The Morgan fingerprint density at radius 2 is 2.21 bits per heavy atom. The molecule has 1 atom stereocenters. The van der Waals surface area contributed by atoms with Gasteiger partial charge in [0.2, 0.25) is 0 Å². The molecule has 1 N–H and O–H groups in total. The molecule has 6 heteroatoms. The number of hydrogen-bond acceptors (Lipinski definition) is 5. The molecule has 2 heterocycles. The highest BCUT2D eigenvalue weighted by molar-refractivity contribution is 7.99. The Morgan fingerprint density at radius 1 is 1.38 bits per heavy atom. The molecule has 0 unspecified atom stereocenters. The van der Waals surface area contributed by atoms with Crippen LogP contribution < -0.4 is 0 Å². The van der Waals surface area contributed by atoms with Crippen molar-refractivity contribution in [1.82, 2.24) is 19.7 Å². The van der Waals surface area contributed by atoms with E-state index in [2.05, 4.69) is 26.2 Å². The number of benzene rings is 1. The lowest BCUT2D eigenvalue weighted by Gasteiger charge is -2.32. The van der Waals surface area contributed by atoms with E-state index in [9.17, 15) is 5.11 Å². The molecule has 1 fully saturated rings. The van der Waals surface area contributed by atoms with Gasteiger partial charge in [-0.3, -0.25) is 4.90 Å². The van der Waals surface area contributed by atoms with Crippen molar-refractivity contribution < 1.29 is 5.11 Å². The summed E-state index contributed by atoms with van der Waals surface area (Å²) in [6.07, 6.45) is 4.16. The Hall–Kier alpha value is -1.79. The fraction of sp³-hybridized carbons (Fsp3) is 0.444. The fourth-order valence-electron chi connectivity index (χ4n) is 3.24. The lowest BCUT2D eigenvalue weighted by atomic mass is 9.96. The number of piperidine rings is 1.